The predicted octanol–water partition coefficient (Wildman–Crippen LogP) is 2.10. The standard InChI is InChI=1S/C12H17NO3S/c1-7-5-12(16,11-13-3-4-17-11)6-8(2)9(7)10(14)15/h3-4,7-9,16H,5-6H2,1-2H3,(H,14,15). The third-order valence-corrected chi connectivity index (χ3v) is 4.63. The summed E-state index contributed by atoms with van der Waals surface area (Å²) in [5.41, 5.74) is -0.945. The Kier molecular flexibility index (Phi) is 3.23. The van der Waals surface area contributed by atoms with Crippen LogP contribution in [-0.4, -0.2) is 21.2 Å². The number of hydrogen-bond acceptors (Lipinski definition) is 4. The van der Waals surface area contributed by atoms with Crippen molar-refractivity contribution in [3.05, 3.63) is 16.6 Å². The van der Waals surface area contributed by atoms with Crippen LogP contribution in [0.2, 0.25) is 0 Å². The van der Waals surface area contributed by atoms with Crippen LogP contribution in [-0.2, 0) is 10.4 Å². The van der Waals surface area contributed by atoms with Gasteiger partial charge in [0, 0.05) is 11.6 Å². The minimum absolute atomic E-state index is 0.0369. The highest BCUT2D eigenvalue weighted by molar-refractivity contribution is 7.09. The zero-order valence-corrected chi connectivity index (χ0v) is 10.8. The number of hydrogen-bond donors (Lipinski definition) is 2. The van der Waals surface area contributed by atoms with Crippen LogP contribution >= 0.6 is 11.3 Å². The quantitative estimate of drug-likeness (QED) is 0.849. The Hall–Kier alpha value is -0.940. The minimum Gasteiger partial charge on any atom is -0.481 e. The van der Waals surface area contributed by atoms with E-state index in [4.69, 9.17) is 0 Å². The molecule has 1 saturated carbocycles. The van der Waals surface area contributed by atoms with Gasteiger partial charge in [0.25, 0.3) is 0 Å². The van der Waals surface area contributed by atoms with Gasteiger partial charge in [0.1, 0.15) is 10.6 Å². The second kappa shape index (κ2) is 4.38. The SMILES string of the molecule is CC1CC(O)(c2nccs2)CC(C)C1C(=O)O. The zero-order valence-electron chi connectivity index (χ0n) is 9.96. The van der Waals surface area contributed by atoms with Crippen molar-refractivity contribution in [3.63, 3.8) is 0 Å². The number of aliphatic carboxylic acids is 1. The molecule has 2 atom stereocenters. The molecule has 2 N–H and O–H groups in total. The Balaban J connectivity index is 2.24. The number of nitrogens with zero attached hydrogens (tertiary/aromatic N) is 1. The Morgan fingerprint density at radius 2 is 2.06 bits per heavy atom. The van der Waals surface area contributed by atoms with E-state index in [0.29, 0.717) is 17.8 Å². The second-order valence-electron chi connectivity index (χ2n) is 5.10. The summed E-state index contributed by atoms with van der Waals surface area (Å²) in [6, 6.07) is 0. The molecule has 0 bridgehead atoms. The number of carbonyl (C=O) groups is 1. The lowest BCUT2D eigenvalue weighted by atomic mass is 9.67. The molecule has 0 saturated heterocycles. The topological polar surface area (TPSA) is 70.4 Å². The van der Waals surface area contributed by atoms with Crippen molar-refractivity contribution in [1.82, 2.24) is 4.98 Å². The molecule has 0 amide bonds. The lowest BCUT2D eigenvalue weighted by Gasteiger charge is -2.41. The first-order valence-corrected chi connectivity index (χ1v) is 6.67. The van der Waals surface area contributed by atoms with Crippen molar-refractivity contribution in [2.75, 3.05) is 0 Å². The average molecular weight is 255 g/mol. The maximum absolute atomic E-state index is 11.2. The molecular formula is C12H17NO3S. The van der Waals surface area contributed by atoms with Crippen LogP contribution in [0, 0.1) is 17.8 Å². The molecule has 1 fully saturated rings. The van der Waals surface area contributed by atoms with Crippen LogP contribution in [0.15, 0.2) is 11.6 Å². The lowest BCUT2D eigenvalue weighted by Crippen LogP contribution is -2.43. The van der Waals surface area contributed by atoms with Crippen LogP contribution in [0.4, 0.5) is 0 Å². The Morgan fingerprint density at radius 1 is 1.47 bits per heavy atom. The molecule has 1 aromatic heterocycles. The van der Waals surface area contributed by atoms with E-state index in [1.54, 1.807) is 6.20 Å². The van der Waals surface area contributed by atoms with E-state index in [9.17, 15) is 15.0 Å². The molecule has 5 heteroatoms. The van der Waals surface area contributed by atoms with Crippen molar-refractivity contribution in [2.24, 2.45) is 17.8 Å². The summed E-state index contributed by atoms with van der Waals surface area (Å²) in [4.78, 5) is 15.3. The highest BCUT2D eigenvalue weighted by Crippen LogP contribution is 2.46. The average Bonchev–Trinajstić information content (AvgIpc) is 2.67. The highest BCUT2D eigenvalue weighted by atomic mass is 32.1. The van der Waals surface area contributed by atoms with Gasteiger partial charge >= 0.3 is 5.97 Å². The van der Waals surface area contributed by atoms with Gasteiger partial charge in [-0.2, -0.15) is 0 Å². The molecule has 2 unspecified atom stereocenters. The molecule has 17 heavy (non-hydrogen) atoms. The molecule has 4 nitrogen and oxygen atoms in total. The Labute approximate surface area is 104 Å². The number of carboxylic acid groups (broad SMARTS) is 1. The first-order chi connectivity index (χ1) is 7.94. The van der Waals surface area contributed by atoms with Crippen molar-refractivity contribution < 1.29 is 15.0 Å². The fourth-order valence-corrected chi connectivity index (χ4v) is 3.84. The summed E-state index contributed by atoms with van der Waals surface area (Å²) >= 11 is 1.43. The molecule has 1 aliphatic carbocycles. The van der Waals surface area contributed by atoms with Crippen molar-refractivity contribution in [3.8, 4) is 0 Å². The van der Waals surface area contributed by atoms with E-state index in [0.717, 1.165) is 0 Å². The van der Waals surface area contributed by atoms with Crippen molar-refractivity contribution >= 4 is 17.3 Å². The largest absolute Gasteiger partial charge is 0.481 e. The van der Waals surface area contributed by atoms with E-state index in [1.807, 2.05) is 19.2 Å². The summed E-state index contributed by atoms with van der Waals surface area (Å²) in [5, 5.41) is 22.4. The maximum atomic E-state index is 11.2. The van der Waals surface area contributed by atoms with E-state index in [1.165, 1.54) is 11.3 Å². The fourth-order valence-electron chi connectivity index (χ4n) is 3.08. The van der Waals surface area contributed by atoms with E-state index in [-0.39, 0.29) is 17.8 Å². The molecule has 1 aromatic rings. The summed E-state index contributed by atoms with van der Waals surface area (Å²) in [7, 11) is 0. The molecular weight excluding hydrogens is 238 g/mol. The van der Waals surface area contributed by atoms with Crippen LogP contribution in [0.5, 0.6) is 0 Å². The number of aromatic nitrogens is 1. The molecule has 2 rings (SSSR count). The van der Waals surface area contributed by atoms with Crippen molar-refractivity contribution in [1.29, 1.82) is 0 Å². The first-order valence-electron chi connectivity index (χ1n) is 5.79. The van der Waals surface area contributed by atoms with Gasteiger partial charge in [0.15, 0.2) is 0 Å². The van der Waals surface area contributed by atoms with E-state index in [2.05, 4.69) is 4.98 Å². The molecule has 0 radical (unpaired) electrons. The normalized spacial score (nSPS) is 37.9. The Bertz CT molecular complexity index is 392. The summed E-state index contributed by atoms with van der Waals surface area (Å²) < 4.78 is 0. The number of thiazole rings is 1. The fraction of sp³-hybridized carbons (Fsp3) is 0.667. The van der Waals surface area contributed by atoms with Gasteiger partial charge in [-0.25, -0.2) is 4.98 Å². The van der Waals surface area contributed by atoms with Gasteiger partial charge in [0.2, 0.25) is 0 Å². The summed E-state index contributed by atoms with van der Waals surface area (Å²) in [6.45, 7) is 3.79. The van der Waals surface area contributed by atoms with Gasteiger partial charge in [-0.3, -0.25) is 4.79 Å². The van der Waals surface area contributed by atoms with Crippen LogP contribution in [0.25, 0.3) is 0 Å². The van der Waals surface area contributed by atoms with E-state index >= 15 is 0 Å². The van der Waals surface area contributed by atoms with Gasteiger partial charge < -0.3 is 10.2 Å². The smallest absolute Gasteiger partial charge is 0.307 e. The monoisotopic (exact) mass is 255 g/mol. The summed E-state index contributed by atoms with van der Waals surface area (Å²) in [5.74, 6) is -1.20. The molecule has 0 spiro atoms. The molecule has 1 heterocycles. The number of aliphatic hydroxyl groups is 1. The first kappa shape index (κ1) is 12.5. The maximum Gasteiger partial charge on any atom is 0.307 e. The van der Waals surface area contributed by atoms with Gasteiger partial charge in [-0.1, -0.05) is 13.8 Å². The summed E-state index contributed by atoms with van der Waals surface area (Å²) in [6.07, 6.45) is 2.63. The molecule has 1 aliphatic rings. The van der Waals surface area contributed by atoms with Crippen molar-refractivity contribution in [2.45, 2.75) is 32.3 Å². The van der Waals surface area contributed by atoms with Crippen LogP contribution in [0.1, 0.15) is 31.7 Å². The lowest BCUT2D eigenvalue weighted by molar-refractivity contribution is -0.152. The van der Waals surface area contributed by atoms with Gasteiger partial charge in [-0.15, -0.1) is 11.3 Å². The number of rotatable bonds is 2. The van der Waals surface area contributed by atoms with Gasteiger partial charge in [0.05, 0.1) is 5.92 Å². The third-order valence-electron chi connectivity index (χ3n) is 3.66. The molecule has 0 aromatic carbocycles. The number of carboxylic acids is 1. The second-order valence-corrected chi connectivity index (χ2v) is 5.99. The zero-order chi connectivity index (χ0) is 12.6. The highest BCUT2D eigenvalue weighted by Gasteiger charge is 2.46. The minimum atomic E-state index is -0.945. The Morgan fingerprint density at radius 3 is 2.47 bits per heavy atom. The molecule has 0 aliphatic heterocycles. The van der Waals surface area contributed by atoms with Gasteiger partial charge in [-0.05, 0) is 24.7 Å². The third kappa shape index (κ3) is 2.21. The molecule has 94 valence electrons. The van der Waals surface area contributed by atoms with E-state index < -0.39 is 11.6 Å². The van der Waals surface area contributed by atoms with Crippen LogP contribution < -0.4 is 0 Å². The van der Waals surface area contributed by atoms with Crippen LogP contribution in [0.3, 0.4) is 0 Å². The predicted molar refractivity (Wildman–Crippen MR) is 64.7 cm³/mol.